The minimum atomic E-state index is -5.02. The summed E-state index contributed by atoms with van der Waals surface area (Å²) < 4.78 is 65.5. The van der Waals surface area contributed by atoms with Gasteiger partial charge in [0.25, 0.3) is 10.1 Å². The third-order valence-electron chi connectivity index (χ3n) is 4.53. The topological polar surface area (TPSA) is 63.6 Å². The Morgan fingerprint density at radius 3 is 1.57 bits per heavy atom. The maximum absolute atomic E-state index is 14.1. The SMILES string of the molecule is CC(C)c1cc(C(C)C)c(Oc2cc(F)c(S(=O)(=O)O)c(F)c2)c(C(C)C)c1. The second kappa shape index (κ2) is 8.17. The van der Waals surface area contributed by atoms with Gasteiger partial charge < -0.3 is 4.74 Å². The van der Waals surface area contributed by atoms with Gasteiger partial charge in [-0.15, -0.1) is 0 Å². The number of rotatable bonds is 6. The molecule has 0 unspecified atom stereocenters. The summed E-state index contributed by atoms with van der Waals surface area (Å²) in [6, 6.07) is 5.57. The van der Waals surface area contributed by atoms with Crippen LogP contribution in [0.3, 0.4) is 0 Å². The van der Waals surface area contributed by atoms with E-state index >= 15 is 0 Å². The average Bonchev–Trinajstić information content (AvgIpc) is 2.51. The summed E-state index contributed by atoms with van der Waals surface area (Å²) in [5, 5.41) is 0. The average molecular weight is 412 g/mol. The smallest absolute Gasteiger partial charge is 0.300 e. The molecule has 0 aromatic heterocycles. The van der Waals surface area contributed by atoms with Crippen molar-refractivity contribution in [2.45, 2.75) is 64.2 Å². The van der Waals surface area contributed by atoms with Crippen molar-refractivity contribution in [2.75, 3.05) is 0 Å². The van der Waals surface area contributed by atoms with Gasteiger partial charge >= 0.3 is 0 Å². The zero-order valence-electron chi connectivity index (χ0n) is 16.9. The molecule has 0 amide bonds. The van der Waals surface area contributed by atoms with Gasteiger partial charge in [-0.25, -0.2) is 8.78 Å². The molecule has 0 atom stereocenters. The summed E-state index contributed by atoms with van der Waals surface area (Å²) in [4.78, 5) is -1.39. The monoisotopic (exact) mass is 412 g/mol. The normalized spacial score (nSPS) is 12.3. The Bertz CT molecular complexity index is 928. The zero-order valence-corrected chi connectivity index (χ0v) is 17.7. The summed E-state index contributed by atoms with van der Waals surface area (Å²) in [6.07, 6.45) is 0. The van der Waals surface area contributed by atoms with Gasteiger partial charge in [0.15, 0.2) is 16.5 Å². The largest absolute Gasteiger partial charge is 0.457 e. The summed E-state index contributed by atoms with van der Waals surface area (Å²) in [5.74, 6) is -2.00. The summed E-state index contributed by atoms with van der Waals surface area (Å²) in [7, 11) is -5.02. The Morgan fingerprint density at radius 1 is 0.821 bits per heavy atom. The van der Waals surface area contributed by atoms with E-state index in [1.54, 1.807) is 0 Å². The zero-order chi connectivity index (χ0) is 21.4. The highest BCUT2D eigenvalue weighted by Gasteiger charge is 2.25. The fraction of sp³-hybridized carbons (Fsp3) is 0.429. The molecule has 0 radical (unpaired) electrons. The van der Waals surface area contributed by atoms with Crippen molar-refractivity contribution in [3.8, 4) is 11.5 Å². The van der Waals surface area contributed by atoms with Crippen LogP contribution >= 0.6 is 0 Å². The molecule has 2 aromatic rings. The first-order valence-corrected chi connectivity index (χ1v) is 10.6. The Hall–Kier alpha value is -1.99. The van der Waals surface area contributed by atoms with Crippen molar-refractivity contribution in [3.63, 3.8) is 0 Å². The van der Waals surface area contributed by atoms with E-state index in [0.717, 1.165) is 28.8 Å². The van der Waals surface area contributed by atoms with Crippen molar-refractivity contribution in [1.29, 1.82) is 0 Å². The van der Waals surface area contributed by atoms with Crippen LogP contribution in [0.15, 0.2) is 29.2 Å². The highest BCUT2D eigenvalue weighted by molar-refractivity contribution is 7.85. The lowest BCUT2D eigenvalue weighted by Gasteiger charge is -2.23. The van der Waals surface area contributed by atoms with Gasteiger partial charge in [-0.05, 0) is 34.4 Å². The van der Waals surface area contributed by atoms with Gasteiger partial charge in [0.1, 0.15) is 11.5 Å². The van der Waals surface area contributed by atoms with E-state index in [2.05, 4.69) is 13.8 Å². The molecular formula is C21H26F2O4S. The van der Waals surface area contributed by atoms with Crippen LogP contribution in [0.1, 0.15) is 76.0 Å². The Morgan fingerprint density at radius 2 is 1.25 bits per heavy atom. The quantitative estimate of drug-likeness (QED) is 0.560. The van der Waals surface area contributed by atoms with Crippen molar-refractivity contribution in [3.05, 3.63) is 52.6 Å². The number of ether oxygens (including phenoxy) is 1. The second-order valence-corrected chi connectivity index (χ2v) is 9.14. The highest BCUT2D eigenvalue weighted by Crippen LogP contribution is 2.40. The molecule has 0 heterocycles. The highest BCUT2D eigenvalue weighted by atomic mass is 32.2. The molecule has 0 saturated carbocycles. The third-order valence-corrected chi connectivity index (χ3v) is 5.43. The first-order chi connectivity index (χ1) is 12.8. The van der Waals surface area contributed by atoms with Crippen LogP contribution < -0.4 is 4.74 Å². The lowest BCUT2D eigenvalue weighted by atomic mass is 9.88. The van der Waals surface area contributed by atoms with Crippen LogP contribution in [0.5, 0.6) is 11.5 Å². The lowest BCUT2D eigenvalue weighted by Crippen LogP contribution is -2.07. The van der Waals surface area contributed by atoms with E-state index in [4.69, 9.17) is 9.29 Å². The molecule has 0 aliphatic rings. The van der Waals surface area contributed by atoms with E-state index in [0.29, 0.717) is 11.7 Å². The fourth-order valence-corrected chi connectivity index (χ4v) is 3.58. The first kappa shape index (κ1) is 22.3. The van der Waals surface area contributed by atoms with Crippen molar-refractivity contribution >= 4 is 10.1 Å². The summed E-state index contributed by atoms with van der Waals surface area (Å²) >= 11 is 0. The minimum Gasteiger partial charge on any atom is -0.457 e. The van der Waals surface area contributed by atoms with Crippen molar-refractivity contribution in [2.24, 2.45) is 0 Å². The van der Waals surface area contributed by atoms with Gasteiger partial charge in [-0.3, -0.25) is 4.55 Å². The van der Waals surface area contributed by atoms with Gasteiger partial charge in [-0.1, -0.05) is 53.7 Å². The molecule has 2 rings (SSSR count). The van der Waals surface area contributed by atoms with Gasteiger partial charge in [-0.2, -0.15) is 8.42 Å². The summed E-state index contributed by atoms with van der Waals surface area (Å²) in [6.45, 7) is 12.2. The van der Waals surface area contributed by atoms with Crippen LogP contribution in [0, 0.1) is 11.6 Å². The van der Waals surface area contributed by atoms with E-state index < -0.39 is 26.6 Å². The Balaban J connectivity index is 2.66. The second-order valence-electron chi connectivity index (χ2n) is 7.79. The lowest BCUT2D eigenvalue weighted by molar-refractivity contribution is 0.434. The Labute approximate surface area is 165 Å². The van der Waals surface area contributed by atoms with Gasteiger partial charge in [0, 0.05) is 12.1 Å². The molecule has 0 saturated heterocycles. The van der Waals surface area contributed by atoms with Crippen LogP contribution in [0.2, 0.25) is 0 Å². The maximum Gasteiger partial charge on any atom is 0.300 e. The molecule has 154 valence electrons. The van der Waals surface area contributed by atoms with Gasteiger partial charge in [0.2, 0.25) is 0 Å². The number of hydrogen-bond donors (Lipinski definition) is 1. The van der Waals surface area contributed by atoms with Crippen molar-refractivity contribution < 1.29 is 26.5 Å². The fourth-order valence-electron chi connectivity index (χ4n) is 2.97. The number of halogens is 2. The molecule has 0 aliphatic heterocycles. The molecular weight excluding hydrogens is 386 g/mol. The molecule has 0 fully saturated rings. The molecule has 28 heavy (non-hydrogen) atoms. The third kappa shape index (κ3) is 4.70. The molecule has 0 aliphatic carbocycles. The molecule has 7 heteroatoms. The van der Waals surface area contributed by atoms with Crippen LogP contribution in [0.4, 0.5) is 8.78 Å². The van der Waals surface area contributed by atoms with Crippen LogP contribution in [-0.2, 0) is 10.1 Å². The predicted molar refractivity (Wildman–Crippen MR) is 105 cm³/mol. The summed E-state index contributed by atoms with van der Waals surface area (Å²) in [5.41, 5.74) is 2.93. The number of benzene rings is 2. The van der Waals surface area contributed by atoms with Gasteiger partial charge in [0.05, 0.1) is 0 Å². The molecule has 1 N–H and O–H groups in total. The molecule has 2 aromatic carbocycles. The maximum atomic E-state index is 14.1. The molecule has 4 nitrogen and oxygen atoms in total. The molecule has 0 spiro atoms. The van der Waals surface area contributed by atoms with E-state index in [9.17, 15) is 17.2 Å². The van der Waals surface area contributed by atoms with Crippen molar-refractivity contribution in [1.82, 2.24) is 0 Å². The standard InChI is InChI=1S/C21H26F2O4S/c1-11(2)14-7-16(12(3)4)20(17(8-14)13(5)6)27-15-9-18(22)21(19(23)10-15)28(24,25)26/h7-13H,1-6H3,(H,24,25,26). The van der Waals surface area contributed by atoms with E-state index in [1.807, 2.05) is 39.8 Å². The van der Waals surface area contributed by atoms with Crippen LogP contribution in [-0.4, -0.2) is 13.0 Å². The van der Waals surface area contributed by atoms with Crippen LogP contribution in [0.25, 0.3) is 0 Å². The molecule has 0 bridgehead atoms. The van der Waals surface area contributed by atoms with E-state index in [-0.39, 0.29) is 17.6 Å². The minimum absolute atomic E-state index is 0.0954. The Kier molecular flexibility index (Phi) is 6.51. The first-order valence-electron chi connectivity index (χ1n) is 9.15. The number of hydrogen-bond acceptors (Lipinski definition) is 3. The predicted octanol–water partition coefficient (Wildman–Crippen LogP) is 6.37. The van der Waals surface area contributed by atoms with E-state index in [1.165, 1.54) is 0 Å².